The van der Waals surface area contributed by atoms with Gasteiger partial charge in [0.15, 0.2) is 11.5 Å². The highest BCUT2D eigenvalue weighted by Crippen LogP contribution is 2.48. The second-order valence-corrected chi connectivity index (χ2v) is 4.15. The van der Waals surface area contributed by atoms with Crippen molar-refractivity contribution in [3.63, 3.8) is 0 Å². The number of benzene rings is 1. The summed E-state index contributed by atoms with van der Waals surface area (Å²) in [6.07, 6.45) is 2.98. The van der Waals surface area contributed by atoms with Crippen LogP contribution in [0.15, 0.2) is 18.2 Å². The predicted octanol–water partition coefficient (Wildman–Crippen LogP) is 1.81. The van der Waals surface area contributed by atoms with Crippen molar-refractivity contribution in [1.82, 2.24) is 0 Å². The number of hydrogen-bond donors (Lipinski definition) is 2. The van der Waals surface area contributed by atoms with E-state index in [9.17, 15) is 10.2 Å². The molecule has 3 heteroatoms. The number of hydrogen-bond acceptors (Lipinski definition) is 3. The van der Waals surface area contributed by atoms with Crippen LogP contribution >= 0.6 is 0 Å². The average molecular weight is 208 g/mol. The lowest BCUT2D eigenvalue weighted by atomic mass is 9.65. The summed E-state index contributed by atoms with van der Waals surface area (Å²) in [5.74, 6) is 0.654. The molecule has 0 aliphatic heterocycles. The van der Waals surface area contributed by atoms with Gasteiger partial charge in [-0.2, -0.15) is 0 Å². The molecule has 0 amide bonds. The van der Waals surface area contributed by atoms with E-state index in [2.05, 4.69) is 0 Å². The first-order valence-electron chi connectivity index (χ1n) is 5.21. The molecule has 82 valence electrons. The smallest absolute Gasteiger partial charge is 0.161 e. The van der Waals surface area contributed by atoms with E-state index < -0.39 is 0 Å². The molecule has 1 aromatic carbocycles. The van der Waals surface area contributed by atoms with E-state index in [0.29, 0.717) is 5.75 Å². The quantitative estimate of drug-likeness (QED) is 0.796. The van der Waals surface area contributed by atoms with Gasteiger partial charge in [-0.25, -0.2) is 0 Å². The third-order valence-electron chi connectivity index (χ3n) is 3.40. The number of rotatable bonds is 3. The molecule has 0 heterocycles. The molecular weight excluding hydrogens is 192 g/mol. The van der Waals surface area contributed by atoms with Crippen molar-refractivity contribution in [1.29, 1.82) is 0 Å². The summed E-state index contributed by atoms with van der Waals surface area (Å²) in [5, 5.41) is 19.4. The molecule has 0 saturated heterocycles. The van der Waals surface area contributed by atoms with Crippen LogP contribution in [0.2, 0.25) is 0 Å². The third-order valence-corrected chi connectivity index (χ3v) is 3.40. The molecule has 1 fully saturated rings. The Morgan fingerprint density at radius 2 is 2.13 bits per heavy atom. The highest BCUT2D eigenvalue weighted by atomic mass is 16.5. The first kappa shape index (κ1) is 10.3. The van der Waals surface area contributed by atoms with Crippen LogP contribution in [0, 0.1) is 0 Å². The lowest BCUT2D eigenvalue weighted by Gasteiger charge is -2.41. The Morgan fingerprint density at radius 1 is 1.40 bits per heavy atom. The fraction of sp³-hybridized carbons (Fsp3) is 0.500. The molecule has 15 heavy (non-hydrogen) atoms. The van der Waals surface area contributed by atoms with E-state index in [0.717, 1.165) is 24.8 Å². The van der Waals surface area contributed by atoms with Gasteiger partial charge in [0.25, 0.3) is 0 Å². The van der Waals surface area contributed by atoms with Gasteiger partial charge in [0.05, 0.1) is 13.7 Å². The second kappa shape index (κ2) is 3.74. The number of aliphatic hydroxyl groups excluding tert-OH is 1. The maximum atomic E-state index is 9.98. The van der Waals surface area contributed by atoms with Gasteiger partial charge in [-0.15, -0.1) is 0 Å². The highest BCUT2D eigenvalue weighted by Gasteiger charge is 2.40. The molecule has 1 aliphatic rings. The Morgan fingerprint density at radius 3 is 2.60 bits per heavy atom. The average Bonchev–Trinajstić information content (AvgIpc) is 2.20. The highest BCUT2D eigenvalue weighted by molar-refractivity contribution is 5.50. The van der Waals surface area contributed by atoms with Crippen LogP contribution in [0.25, 0.3) is 0 Å². The van der Waals surface area contributed by atoms with Crippen molar-refractivity contribution in [3.8, 4) is 11.5 Å². The van der Waals surface area contributed by atoms with Crippen LogP contribution < -0.4 is 4.74 Å². The minimum absolute atomic E-state index is 0.0910. The van der Waals surface area contributed by atoms with Gasteiger partial charge in [0.2, 0.25) is 0 Å². The van der Waals surface area contributed by atoms with E-state index in [1.165, 1.54) is 7.11 Å². The van der Waals surface area contributed by atoms with E-state index in [1.54, 1.807) is 6.07 Å². The van der Waals surface area contributed by atoms with E-state index in [-0.39, 0.29) is 17.8 Å². The molecule has 0 radical (unpaired) electrons. The lowest BCUT2D eigenvalue weighted by molar-refractivity contribution is 0.117. The molecule has 2 N–H and O–H groups in total. The summed E-state index contributed by atoms with van der Waals surface area (Å²) in [6.45, 7) is 0.0910. The minimum atomic E-state index is -0.237. The van der Waals surface area contributed by atoms with Crippen LogP contribution in [0.1, 0.15) is 24.8 Å². The number of para-hydroxylation sites is 1. The molecule has 1 aromatic rings. The molecule has 0 atom stereocenters. The van der Waals surface area contributed by atoms with Crippen molar-refractivity contribution in [2.24, 2.45) is 0 Å². The van der Waals surface area contributed by atoms with Crippen LogP contribution in [0.3, 0.4) is 0 Å². The standard InChI is InChI=1S/C12H16O3/c1-15-10-5-2-4-9(11(10)14)12(8-13)6-3-7-12/h2,4-5,13-14H,3,6-8H2,1H3. The Hall–Kier alpha value is -1.22. The van der Waals surface area contributed by atoms with Crippen LogP contribution in [-0.2, 0) is 5.41 Å². The van der Waals surface area contributed by atoms with Gasteiger partial charge in [-0.3, -0.25) is 0 Å². The zero-order chi connectivity index (χ0) is 10.9. The fourth-order valence-corrected chi connectivity index (χ4v) is 2.23. The summed E-state index contributed by atoms with van der Waals surface area (Å²) in [5.41, 5.74) is 0.578. The Bertz CT molecular complexity index is 350. The Balaban J connectivity index is 2.43. The number of aromatic hydroxyl groups is 1. The van der Waals surface area contributed by atoms with Crippen LogP contribution in [0.5, 0.6) is 11.5 Å². The number of methoxy groups -OCH3 is 1. The summed E-state index contributed by atoms with van der Waals surface area (Å²) < 4.78 is 5.06. The van der Waals surface area contributed by atoms with Crippen molar-refractivity contribution < 1.29 is 14.9 Å². The summed E-state index contributed by atoms with van der Waals surface area (Å²) in [4.78, 5) is 0. The maximum Gasteiger partial charge on any atom is 0.161 e. The van der Waals surface area contributed by atoms with E-state index in [1.807, 2.05) is 12.1 Å². The van der Waals surface area contributed by atoms with Gasteiger partial charge in [-0.05, 0) is 18.9 Å². The summed E-state index contributed by atoms with van der Waals surface area (Å²) in [7, 11) is 1.53. The predicted molar refractivity (Wildman–Crippen MR) is 57.3 cm³/mol. The largest absolute Gasteiger partial charge is 0.504 e. The van der Waals surface area contributed by atoms with E-state index in [4.69, 9.17) is 4.74 Å². The van der Waals surface area contributed by atoms with Crippen molar-refractivity contribution in [3.05, 3.63) is 23.8 Å². The zero-order valence-corrected chi connectivity index (χ0v) is 8.86. The Labute approximate surface area is 89.3 Å². The van der Waals surface area contributed by atoms with Crippen molar-refractivity contribution in [2.45, 2.75) is 24.7 Å². The number of phenols is 1. The molecule has 2 rings (SSSR count). The molecule has 3 nitrogen and oxygen atoms in total. The lowest BCUT2D eigenvalue weighted by Crippen LogP contribution is -2.37. The van der Waals surface area contributed by atoms with Gasteiger partial charge in [-0.1, -0.05) is 18.6 Å². The van der Waals surface area contributed by atoms with Gasteiger partial charge in [0, 0.05) is 11.0 Å². The second-order valence-electron chi connectivity index (χ2n) is 4.15. The van der Waals surface area contributed by atoms with Gasteiger partial charge >= 0.3 is 0 Å². The molecular formula is C12H16O3. The number of ether oxygens (including phenoxy) is 1. The minimum Gasteiger partial charge on any atom is -0.504 e. The number of aliphatic hydroxyl groups is 1. The number of phenolic OH excluding ortho intramolecular Hbond substituents is 1. The summed E-state index contributed by atoms with van der Waals surface area (Å²) in [6, 6.07) is 5.44. The van der Waals surface area contributed by atoms with E-state index >= 15 is 0 Å². The fourth-order valence-electron chi connectivity index (χ4n) is 2.23. The molecule has 0 unspecified atom stereocenters. The first-order valence-corrected chi connectivity index (χ1v) is 5.21. The zero-order valence-electron chi connectivity index (χ0n) is 8.86. The topological polar surface area (TPSA) is 49.7 Å². The molecule has 0 aromatic heterocycles. The van der Waals surface area contributed by atoms with Crippen molar-refractivity contribution in [2.75, 3.05) is 13.7 Å². The van der Waals surface area contributed by atoms with Gasteiger partial charge in [0.1, 0.15) is 0 Å². The molecule has 1 saturated carbocycles. The molecule has 1 aliphatic carbocycles. The normalized spacial score (nSPS) is 18.3. The first-order chi connectivity index (χ1) is 7.23. The van der Waals surface area contributed by atoms with Crippen LogP contribution in [-0.4, -0.2) is 23.9 Å². The van der Waals surface area contributed by atoms with Crippen molar-refractivity contribution >= 4 is 0 Å². The van der Waals surface area contributed by atoms with Crippen LogP contribution in [0.4, 0.5) is 0 Å². The SMILES string of the molecule is COc1cccc(C2(CO)CCC2)c1O. The summed E-state index contributed by atoms with van der Waals surface area (Å²) >= 11 is 0. The Kier molecular flexibility index (Phi) is 2.57. The molecule has 0 spiro atoms. The molecule has 0 bridgehead atoms. The van der Waals surface area contributed by atoms with Gasteiger partial charge < -0.3 is 14.9 Å². The monoisotopic (exact) mass is 208 g/mol. The third kappa shape index (κ3) is 1.47. The maximum absolute atomic E-state index is 9.98.